The van der Waals surface area contributed by atoms with Crippen molar-refractivity contribution in [2.75, 3.05) is 0 Å². The van der Waals surface area contributed by atoms with Crippen LogP contribution in [0, 0.1) is 0 Å². The summed E-state index contributed by atoms with van der Waals surface area (Å²) in [6.07, 6.45) is 0. The van der Waals surface area contributed by atoms with Crippen LogP contribution >= 0.6 is 31.9 Å². The summed E-state index contributed by atoms with van der Waals surface area (Å²) in [5, 5.41) is 10.1. The number of halogens is 4. The van der Waals surface area contributed by atoms with Gasteiger partial charge in [-0.2, -0.15) is 8.78 Å². The monoisotopic (exact) mass is 458 g/mol. The number of hydrogen-bond acceptors (Lipinski definition) is 3. The van der Waals surface area contributed by atoms with Crippen LogP contribution in [0.25, 0.3) is 11.0 Å². The third-order valence-corrected chi connectivity index (χ3v) is 4.71. The fraction of sp³-hybridized carbons (Fsp3) is 0.118. The second-order valence-electron chi connectivity index (χ2n) is 5.31. The van der Waals surface area contributed by atoms with Gasteiger partial charge in [0.25, 0.3) is 0 Å². The zero-order valence-electron chi connectivity index (χ0n) is 12.2. The maximum Gasteiger partial charge on any atom is 0.302 e. The number of benzene rings is 2. The minimum Gasteiger partial charge on any atom is -0.506 e. The van der Waals surface area contributed by atoms with Crippen molar-refractivity contribution < 1.29 is 23.1 Å². The molecule has 3 nitrogen and oxygen atoms in total. The van der Waals surface area contributed by atoms with Crippen LogP contribution < -0.4 is 0 Å². The quantitative estimate of drug-likeness (QED) is 0.488. The van der Waals surface area contributed by atoms with Crippen LogP contribution in [0.1, 0.15) is 28.6 Å². The lowest BCUT2D eigenvalue weighted by atomic mass is 9.98. The highest BCUT2D eigenvalue weighted by Gasteiger charge is 2.36. The maximum atomic E-state index is 13.9. The minimum atomic E-state index is -3.31. The van der Waals surface area contributed by atoms with E-state index in [4.69, 9.17) is 4.42 Å². The van der Waals surface area contributed by atoms with Gasteiger partial charge in [0.15, 0.2) is 11.5 Å². The predicted molar refractivity (Wildman–Crippen MR) is 92.7 cm³/mol. The summed E-state index contributed by atoms with van der Waals surface area (Å²) in [4.78, 5) is 12.9. The van der Waals surface area contributed by atoms with Gasteiger partial charge in [0.05, 0.1) is 14.5 Å². The SMILES string of the molecule is CC(F)(F)c1oc2ccccc2c1C(=O)c1cc(Br)c(O)c(Br)c1. The van der Waals surface area contributed by atoms with Crippen LogP contribution in [0.2, 0.25) is 0 Å². The van der Waals surface area contributed by atoms with E-state index in [0.717, 1.165) is 0 Å². The topological polar surface area (TPSA) is 50.4 Å². The number of para-hydroxylation sites is 1. The Labute approximate surface area is 152 Å². The molecule has 1 N–H and O–H groups in total. The van der Waals surface area contributed by atoms with Crippen LogP contribution in [0.5, 0.6) is 5.75 Å². The second kappa shape index (κ2) is 5.97. The van der Waals surface area contributed by atoms with Crippen LogP contribution in [-0.4, -0.2) is 10.9 Å². The number of rotatable bonds is 3. The Hall–Kier alpha value is -1.73. The summed E-state index contributed by atoms with van der Waals surface area (Å²) in [5.41, 5.74) is 0.181. The van der Waals surface area contributed by atoms with E-state index in [1.165, 1.54) is 18.2 Å². The zero-order chi connectivity index (χ0) is 17.6. The molecule has 0 spiro atoms. The molecule has 0 atom stereocenters. The number of ketones is 1. The molecule has 0 amide bonds. The van der Waals surface area contributed by atoms with E-state index in [2.05, 4.69) is 31.9 Å². The van der Waals surface area contributed by atoms with E-state index in [1.54, 1.807) is 18.2 Å². The van der Waals surface area contributed by atoms with Crippen LogP contribution in [0.4, 0.5) is 8.78 Å². The summed E-state index contributed by atoms with van der Waals surface area (Å²) in [5.74, 6) is -4.67. The summed E-state index contributed by atoms with van der Waals surface area (Å²) in [7, 11) is 0. The Morgan fingerprint density at radius 3 is 2.33 bits per heavy atom. The van der Waals surface area contributed by atoms with Gasteiger partial charge in [0.2, 0.25) is 0 Å². The molecule has 3 rings (SSSR count). The van der Waals surface area contributed by atoms with E-state index < -0.39 is 17.5 Å². The van der Waals surface area contributed by atoms with Crippen molar-refractivity contribution in [1.29, 1.82) is 0 Å². The molecule has 7 heteroatoms. The van der Waals surface area contributed by atoms with E-state index in [9.17, 15) is 18.7 Å². The van der Waals surface area contributed by atoms with Crippen molar-refractivity contribution in [3.05, 3.63) is 62.2 Å². The first kappa shape index (κ1) is 17.1. The van der Waals surface area contributed by atoms with Crippen molar-refractivity contribution in [3.63, 3.8) is 0 Å². The third-order valence-electron chi connectivity index (χ3n) is 3.50. The van der Waals surface area contributed by atoms with Gasteiger partial charge in [-0.3, -0.25) is 4.79 Å². The Balaban J connectivity index is 2.27. The van der Waals surface area contributed by atoms with Crippen LogP contribution in [0.3, 0.4) is 0 Å². The lowest BCUT2D eigenvalue weighted by Gasteiger charge is -2.10. The van der Waals surface area contributed by atoms with Crippen molar-refractivity contribution in [2.24, 2.45) is 0 Å². The largest absolute Gasteiger partial charge is 0.506 e. The van der Waals surface area contributed by atoms with E-state index >= 15 is 0 Å². The lowest BCUT2D eigenvalue weighted by molar-refractivity contribution is -0.00469. The van der Waals surface area contributed by atoms with Gasteiger partial charge in [0, 0.05) is 17.9 Å². The van der Waals surface area contributed by atoms with Crippen molar-refractivity contribution in [2.45, 2.75) is 12.8 Å². The molecule has 0 saturated heterocycles. The number of carbonyl (C=O) groups excluding carboxylic acids is 1. The van der Waals surface area contributed by atoms with Crippen molar-refractivity contribution >= 4 is 48.6 Å². The first-order chi connectivity index (χ1) is 11.2. The van der Waals surface area contributed by atoms with Crippen LogP contribution in [0.15, 0.2) is 49.8 Å². The number of aromatic hydroxyl groups is 1. The smallest absolute Gasteiger partial charge is 0.302 e. The highest BCUT2D eigenvalue weighted by Crippen LogP contribution is 2.39. The molecule has 0 fully saturated rings. The van der Waals surface area contributed by atoms with Gasteiger partial charge >= 0.3 is 5.92 Å². The summed E-state index contributed by atoms with van der Waals surface area (Å²) in [6.45, 7) is 0.685. The maximum absolute atomic E-state index is 13.9. The van der Waals surface area contributed by atoms with Gasteiger partial charge in [-0.05, 0) is 50.1 Å². The molecule has 0 aliphatic rings. The Bertz CT molecular complexity index is 935. The molecule has 1 aromatic heterocycles. The minimum absolute atomic E-state index is 0.0790. The Kier molecular flexibility index (Phi) is 4.25. The van der Waals surface area contributed by atoms with Gasteiger partial charge in [-0.1, -0.05) is 18.2 Å². The van der Waals surface area contributed by atoms with E-state index in [-0.39, 0.29) is 31.4 Å². The molecule has 0 saturated carbocycles. The number of phenolic OH excluding ortho intramolecular Hbond substituents is 1. The Morgan fingerprint density at radius 2 is 1.75 bits per heavy atom. The molecule has 3 aromatic rings. The molecule has 1 heterocycles. The number of alkyl halides is 2. The fourth-order valence-corrected chi connectivity index (χ4v) is 3.61. The first-order valence-electron chi connectivity index (χ1n) is 6.82. The zero-order valence-corrected chi connectivity index (χ0v) is 15.4. The van der Waals surface area contributed by atoms with E-state index in [0.29, 0.717) is 12.3 Å². The molecule has 24 heavy (non-hydrogen) atoms. The highest BCUT2D eigenvalue weighted by molar-refractivity contribution is 9.11. The number of fused-ring (bicyclic) bond motifs is 1. The fourth-order valence-electron chi connectivity index (χ4n) is 2.42. The molecule has 0 radical (unpaired) electrons. The molecule has 124 valence electrons. The molecular formula is C17H10Br2F2O3. The summed E-state index contributed by atoms with van der Waals surface area (Å²) >= 11 is 6.26. The average Bonchev–Trinajstić information content (AvgIpc) is 2.91. The predicted octanol–water partition coefficient (Wildman–Crippen LogP) is 6.01. The van der Waals surface area contributed by atoms with E-state index in [1.807, 2.05) is 0 Å². The molecule has 2 aromatic carbocycles. The van der Waals surface area contributed by atoms with Gasteiger partial charge < -0.3 is 9.52 Å². The molecule has 0 aliphatic heterocycles. The molecular weight excluding hydrogens is 450 g/mol. The molecule has 0 unspecified atom stereocenters. The second-order valence-corrected chi connectivity index (χ2v) is 7.02. The Morgan fingerprint density at radius 1 is 1.17 bits per heavy atom. The third kappa shape index (κ3) is 2.86. The number of carbonyl (C=O) groups is 1. The standard InChI is InChI=1S/C17H10Br2F2O3/c1-17(20,21)16-13(9-4-2-3-5-12(9)24-16)14(22)8-6-10(18)15(23)11(19)7-8/h2-7,23H,1H3. The average molecular weight is 460 g/mol. The van der Waals surface area contributed by atoms with Gasteiger partial charge in [0.1, 0.15) is 11.3 Å². The van der Waals surface area contributed by atoms with Gasteiger partial charge in [-0.25, -0.2) is 0 Å². The van der Waals surface area contributed by atoms with Gasteiger partial charge in [-0.15, -0.1) is 0 Å². The number of hydrogen-bond donors (Lipinski definition) is 1. The highest BCUT2D eigenvalue weighted by atomic mass is 79.9. The van der Waals surface area contributed by atoms with Crippen LogP contribution in [-0.2, 0) is 5.92 Å². The molecule has 0 aliphatic carbocycles. The number of furan rings is 1. The lowest BCUT2D eigenvalue weighted by Crippen LogP contribution is -2.13. The number of phenols is 1. The first-order valence-corrected chi connectivity index (χ1v) is 8.41. The van der Waals surface area contributed by atoms with Crippen molar-refractivity contribution in [3.8, 4) is 5.75 Å². The molecule has 0 bridgehead atoms. The summed E-state index contributed by atoms with van der Waals surface area (Å²) < 4.78 is 33.7. The normalized spacial score (nSPS) is 11.9. The van der Waals surface area contributed by atoms with Crippen molar-refractivity contribution in [1.82, 2.24) is 0 Å². The summed E-state index contributed by atoms with van der Waals surface area (Å²) in [6, 6.07) is 9.14.